The van der Waals surface area contributed by atoms with Crippen molar-refractivity contribution in [1.29, 1.82) is 0 Å². The van der Waals surface area contributed by atoms with E-state index >= 15 is 0 Å². The first-order valence-corrected chi connectivity index (χ1v) is 6.79. The van der Waals surface area contributed by atoms with Gasteiger partial charge in [0.2, 0.25) is 0 Å². The van der Waals surface area contributed by atoms with Gasteiger partial charge >= 0.3 is 0 Å². The maximum atomic E-state index is 12.0. The normalized spacial score (nSPS) is 13.9. The topological polar surface area (TPSA) is 54.5 Å². The third-order valence-corrected chi connectivity index (χ3v) is 3.72. The Balaban J connectivity index is 1.99. The van der Waals surface area contributed by atoms with Crippen molar-refractivity contribution in [1.82, 2.24) is 4.90 Å². The van der Waals surface area contributed by atoms with Gasteiger partial charge in [-0.15, -0.1) is 0 Å². The molecule has 0 spiro atoms. The summed E-state index contributed by atoms with van der Waals surface area (Å²) in [7, 11) is 0. The maximum absolute atomic E-state index is 12.0. The molecule has 2 amide bonds. The first kappa shape index (κ1) is 12.8. The Hall–Kier alpha value is -1.62. The number of benzene rings is 1. The standard InChI is InChI=1S/C13H13NO3S/c1-9(15)8-18-7-6-14-12(16)10-4-2-3-5-11(10)13(14)17/h2-5H,6-8H2,1H3. The molecule has 18 heavy (non-hydrogen) atoms. The van der Waals surface area contributed by atoms with Crippen molar-refractivity contribution in [3.05, 3.63) is 35.4 Å². The molecule has 0 atom stereocenters. The van der Waals surface area contributed by atoms with Crippen molar-refractivity contribution in [2.75, 3.05) is 18.1 Å². The Morgan fingerprint density at radius 2 is 1.72 bits per heavy atom. The largest absolute Gasteiger partial charge is 0.299 e. The number of hydrogen-bond acceptors (Lipinski definition) is 4. The first-order valence-electron chi connectivity index (χ1n) is 5.63. The molecule has 1 aliphatic rings. The molecule has 0 bridgehead atoms. The number of nitrogens with zero attached hydrogens (tertiary/aromatic N) is 1. The fourth-order valence-electron chi connectivity index (χ4n) is 1.81. The smallest absolute Gasteiger partial charge is 0.261 e. The van der Waals surface area contributed by atoms with E-state index in [-0.39, 0.29) is 17.6 Å². The number of ketones is 1. The highest BCUT2D eigenvalue weighted by molar-refractivity contribution is 7.99. The summed E-state index contributed by atoms with van der Waals surface area (Å²) < 4.78 is 0. The van der Waals surface area contributed by atoms with Crippen molar-refractivity contribution in [2.45, 2.75) is 6.92 Å². The molecule has 0 fully saturated rings. The molecule has 94 valence electrons. The summed E-state index contributed by atoms with van der Waals surface area (Å²) in [6.07, 6.45) is 0. The molecular formula is C13H13NO3S. The number of rotatable bonds is 5. The van der Waals surface area contributed by atoms with Crippen LogP contribution in [0, 0.1) is 0 Å². The fraction of sp³-hybridized carbons (Fsp3) is 0.308. The van der Waals surface area contributed by atoms with Gasteiger partial charge in [-0.2, -0.15) is 11.8 Å². The van der Waals surface area contributed by atoms with Crippen LogP contribution in [0.5, 0.6) is 0 Å². The number of carbonyl (C=O) groups is 3. The number of imide groups is 1. The highest BCUT2D eigenvalue weighted by atomic mass is 32.2. The van der Waals surface area contributed by atoms with Crippen molar-refractivity contribution in [2.24, 2.45) is 0 Å². The van der Waals surface area contributed by atoms with Crippen molar-refractivity contribution in [3.63, 3.8) is 0 Å². The zero-order chi connectivity index (χ0) is 13.1. The fourth-order valence-corrected chi connectivity index (χ4v) is 2.56. The summed E-state index contributed by atoms with van der Waals surface area (Å²) in [5, 5.41) is 0. The number of amides is 2. The molecule has 1 heterocycles. The molecule has 4 nitrogen and oxygen atoms in total. The molecule has 0 N–H and O–H groups in total. The van der Waals surface area contributed by atoms with Crippen LogP contribution in [0.1, 0.15) is 27.6 Å². The first-order chi connectivity index (χ1) is 8.61. The van der Waals surface area contributed by atoms with Gasteiger partial charge in [0.25, 0.3) is 11.8 Å². The van der Waals surface area contributed by atoms with E-state index in [0.29, 0.717) is 29.2 Å². The van der Waals surface area contributed by atoms with Gasteiger partial charge in [0, 0.05) is 12.3 Å². The molecule has 2 rings (SSSR count). The Morgan fingerprint density at radius 3 is 2.22 bits per heavy atom. The zero-order valence-electron chi connectivity index (χ0n) is 10.0. The molecule has 1 aromatic rings. The van der Waals surface area contributed by atoms with Gasteiger partial charge in [0.05, 0.1) is 16.9 Å². The Kier molecular flexibility index (Phi) is 3.81. The van der Waals surface area contributed by atoms with Gasteiger partial charge < -0.3 is 0 Å². The summed E-state index contributed by atoms with van der Waals surface area (Å²) in [5.74, 6) is 0.634. The second kappa shape index (κ2) is 5.35. The lowest BCUT2D eigenvalue weighted by Crippen LogP contribution is -2.32. The third-order valence-electron chi connectivity index (χ3n) is 2.64. The quantitative estimate of drug-likeness (QED) is 0.598. The molecule has 0 saturated carbocycles. The highest BCUT2D eigenvalue weighted by Gasteiger charge is 2.34. The van der Waals surface area contributed by atoms with Crippen molar-refractivity contribution in [3.8, 4) is 0 Å². The van der Waals surface area contributed by atoms with E-state index in [1.165, 1.54) is 23.6 Å². The van der Waals surface area contributed by atoms with Crippen LogP contribution in [0.15, 0.2) is 24.3 Å². The second-order valence-corrected chi connectivity index (χ2v) is 5.17. The number of carbonyl (C=O) groups excluding carboxylic acids is 3. The van der Waals surface area contributed by atoms with E-state index in [2.05, 4.69) is 0 Å². The van der Waals surface area contributed by atoms with Gasteiger partial charge in [-0.05, 0) is 19.1 Å². The maximum Gasteiger partial charge on any atom is 0.261 e. The molecule has 5 heteroatoms. The predicted molar refractivity (Wildman–Crippen MR) is 69.8 cm³/mol. The lowest BCUT2D eigenvalue weighted by atomic mass is 10.1. The molecule has 1 aliphatic heterocycles. The summed E-state index contributed by atoms with van der Waals surface area (Å²) in [4.78, 5) is 36.0. The summed E-state index contributed by atoms with van der Waals surface area (Å²) in [6, 6.07) is 6.83. The summed E-state index contributed by atoms with van der Waals surface area (Å²) in [6.45, 7) is 1.87. The number of fused-ring (bicyclic) bond motifs is 1. The average molecular weight is 263 g/mol. The second-order valence-electron chi connectivity index (χ2n) is 4.06. The van der Waals surface area contributed by atoms with Gasteiger partial charge in [-0.3, -0.25) is 19.3 Å². The van der Waals surface area contributed by atoms with E-state index in [0.717, 1.165) is 0 Å². The lowest BCUT2D eigenvalue weighted by molar-refractivity contribution is -0.114. The lowest BCUT2D eigenvalue weighted by Gasteiger charge is -2.12. The van der Waals surface area contributed by atoms with Crippen molar-refractivity contribution >= 4 is 29.4 Å². The van der Waals surface area contributed by atoms with Crippen LogP contribution < -0.4 is 0 Å². The van der Waals surface area contributed by atoms with E-state index in [9.17, 15) is 14.4 Å². The number of hydrogen-bond donors (Lipinski definition) is 0. The number of Topliss-reactive ketones (excluding diaryl/α,β-unsaturated/α-hetero) is 1. The summed E-state index contributed by atoms with van der Waals surface area (Å²) in [5.41, 5.74) is 0.943. The average Bonchev–Trinajstić information content (AvgIpc) is 2.59. The predicted octanol–water partition coefficient (Wildman–Crippen LogP) is 1.60. The highest BCUT2D eigenvalue weighted by Crippen LogP contribution is 2.22. The monoisotopic (exact) mass is 263 g/mol. The van der Waals surface area contributed by atoms with Crippen molar-refractivity contribution < 1.29 is 14.4 Å². The third kappa shape index (κ3) is 2.46. The van der Waals surface area contributed by atoms with E-state index in [1.807, 2.05) is 0 Å². The van der Waals surface area contributed by atoms with Gasteiger partial charge in [-0.1, -0.05) is 12.1 Å². The molecular weight excluding hydrogens is 250 g/mol. The van der Waals surface area contributed by atoms with Crippen LogP contribution in [0.4, 0.5) is 0 Å². The van der Waals surface area contributed by atoms with Crippen LogP contribution in [0.25, 0.3) is 0 Å². The molecule has 0 aliphatic carbocycles. The van der Waals surface area contributed by atoms with Crippen LogP contribution in [0.2, 0.25) is 0 Å². The Labute approximate surface area is 109 Å². The molecule has 1 aromatic carbocycles. The van der Waals surface area contributed by atoms with E-state index in [1.54, 1.807) is 24.3 Å². The zero-order valence-corrected chi connectivity index (χ0v) is 10.8. The Bertz CT molecular complexity index is 478. The Morgan fingerprint density at radius 1 is 1.17 bits per heavy atom. The van der Waals surface area contributed by atoms with Gasteiger partial charge in [0.15, 0.2) is 0 Å². The molecule has 0 aromatic heterocycles. The minimum Gasteiger partial charge on any atom is -0.299 e. The molecule has 0 unspecified atom stereocenters. The molecule has 0 radical (unpaired) electrons. The van der Waals surface area contributed by atoms with Gasteiger partial charge in [0.1, 0.15) is 5.78 Å². The summed E-state index contributed by atoms with van der Waals surface area (Å²) >= 11 is 1.44. The van der Waals surface area contributed by atoms with Gasteiger partial charge in [-0.25, -0.2) is 0 Å². The number of thioether (sulfide) groups is 1. The van der Waals surface area contributed by atoms with E-state index < -0.39 is 0 Å². The molecule has 0 saturated heterocycles. The van der Waals surface area contributed by atoms with E-state index in [4.69, 9.17) is 0 Å². The van der Waals surface area contributed by atoms with Crippen LogP contribution in [0.3, 0.4) is 0 Å². The van der Waals surface area contributed by atoms with Crippen LogP contribution in [-0.2, 0) is 4.79 Å². The van der Waals surface area contributed by atoms with Crippen LogP contribution >= 0.6 is 11.8 Å². The minimum absolute atomic E-state index is 0.0994. The minimum atomic E-state index is -0.237. The SMILES string of the molecule is CC(=O)CSCCN1C(=O)c2ccccc2C1=O. The van der Waals surface area contributed by atoms with Crippen LogP contribution in [-0.4, -0.2) is 40.5 Å².